The van der Waals surface area contributed by atoms with E-state index >= 15 is 0 Å². The van der Waals surface area contributed by atoms with Crippen molar-refractivity contribution in [3.63, 3.8) is 0 Å². The summed E-state index contributed by atoms with van der Waals surface area (Å²) in [4.78, 5) is 24.2. The van der Waals surface area contributed by atoms with Crippen LogP contribution in [0.1, 0.15) is 35.7 Å². The lowest BCUT2D eigenvalue weighted by Gasteiger charge is -2.14. The van der Waals surface area contributed by atoms with Crippen molar-refractivity contribution in [1.82, 2.24) is 5.32 Å². The van der Waals surface area contributed by atoms with E-state index in [9.17, 15) is 14.0 Å². The number of halogens is 1. The molecule has 2 aromatic carbocycles. The second-order valence-corrected chi connectivity index (χ2v) is 5.90. The molecule has 0 saturated heterocycles. The van der Waals surface area contributed by atoms with E-state index in [4.69, 9.17) is 4.74 Å². The second kappa shape index (κ2) is 6.83. The van der Waals surface area contributed by atoms with Crippen molar-refractivity contribution in [3.8, 4) is 5.75 Å². The van der Waals surface area contributed by atoms with Crippen molar-refractivity contribution >= 4 is 11.7 Å². The molecule has 124 valence electrons. The zero-order valence-corrected chi connectivity index (χ0v) is 13.3. The van der Waals surface area contributed by atoms with Gasteiger partial charge in [0, 0.05) is 17.2 Å². The number of hydrogen-bond acceptors (Lipinski definition) is 3. The van der Waals surface area contributed by atoms with Crippen LogP contribution in [0.2, 0.25) is 0 Å². The first-order chi connectivity index (χ1) is 11.5. The van der Waals surface area contributed by atoms with Crippen molar-refractivity contribution in [3.05, 3.63) is 65.5 Å². The molecule has 1 saturated carbocycles. The summed E-state index contributed by atoms with van der Waals surface area (Å²) < 4.78 is 18.5. The zero-order valence-electron chi connectivity index (χ0n) is 13.3. The second-order valence-electron chi connectivity index (χ2n) is 5.90. The Labute approximate surface area is 139 Å². The number of hydrogen-bond donors (Lipinski definition) is 1. The fourth-order valence-corrected chi connectivity index (χ4v) is 2.26. The molecule has 0 spiro atoms. The van der Waals surface area contributed by atoms with Gasteiger partial charge < -0.3 is 10.1 Å². The van der Waals surface area contributed by atoms with Crippen LogP contribution in [0, 0.1) is 5.82 Å². The molecule has 24 heavy (non-hydrogen) atoms. The van der Waals surface area contributed by atoms with E-state index in [2.05, 4.69) is 5.32 Å². The highest BCUT2D eigenvalue weighted by Gasteiger charge is 2.26. The fraction of sp³-hybridized carbons (Fsp3) is 0.263. The van der Waals surface area contributed by atoms with Gasteiger partial charge in [0.2, 0.25) is 0 Å². The van der Waals surface area contributed by atoms with E-state index in [1.54, 1.807) is 31.2 Å². The molecule has 1 fully saturated rings. The molecule has 0 aromatic heterocycles. The normalized spacial score (nSPS) is 14.8. The maximum Gasteiger partial charge on any atom is 0.260 e. The van der Waals surface area contributed by atoms with Gasteiger partial charge >= 0.3 is 0 Å². The molecule has 0 aliphatic heterocycles. The van der Waals surface area contributed by atoms with Crippen molar-refractivity contribution in [2.24, 2.45) is 0 Å². The van der Waals surface area contributed by atoms with Gasteiger partial charge in [-0.25, -0.2) is 4.39 Å². The number of ketones is 1. The summed E-state index contributed by atoms with van der Waals surface area (Å²) in [5.41, 5.74) is 0.895. The Kier molecular flexibility index (Phi) is 4.60. The number of amides is 1. The number of ether oxygens (including phenoxy) is 1. The number of rotatable bonds is 6. The Morgan fingerprint density at radius 3 is 2.12 bits per heavy atom. The number of carbonyl (C=O) groups is 2. The van der Waals surface area contributed by atoms with Crippen LogP contribution in [0.15, 0.2) is 48.5 Å². The van der Waals surface area contributed by atoms with E-state index in [1.165, 1.54) is 24.3 Å². The Morgan fingerprint density at radius 2 is 1.58 bits per heavy atom. The molecule has 0 bridgehead atoms. The number of carbonyl (C=O) groups excluding carboxylic acids is 2. The van der Waals surface area contributed by atoms with Gasteiger partial charge in [0.05, 0.1) is 0 Å². The first-order valence-corrected chi connectivity index (χ1v) is 7.90. The van der Waals surface area contributed by atoms with Crippen molar-refractivity contribution in [2.75, 3.05) is 0 Å². The van der Waals surface area contributed by atoms with Crippen LogP contribution in [0.4, 0.5) is 4.39 Å². The highest BCUT2D eigenvalue weighted by Crippen LogP contribution is 2.20. The van der Waals surface area contributed by atoms with Crippen molar-refractivity contribution < 1.29 is 18.7 Å². The third kappa shape index (κ3) is 3.98. The summed E-state index contributed by atoms with van der Waals surface area (Å²) in [5.74, 6) is -0.192. The monoisotopic (exact) mass is 327 g/mol. The molecular formula is C19H18FNO3. The molecule has 2 aromatic rings. The van der Waals surface area contributed by atoms with Crippen LogP contribution in [0.5, 0.6) is 5.75 Å². The number of nitrogens with one attached hydrogen (secondary N) is 1. The van der Waals surface area contributed by atoms with Crippen molar-refractivity contribution in [2.45, 2.75) is 31.9 Å². The first kappa shape index (κ1) is 16.2. The first-order valence-electron chi connectivity index (χ1n) is 7.90. The van der Waals surface area contributed by atoms with Gasteiger partial charge in [-0.15, -0.1) is 0 Å². The molecule has 1 atom stereocenters. The smallest absolute Gasteiger partial charge is 0.260 e. The molecule has 1 aliphatic rings. The summed E-state index contributed by atoms with van der Waals surface area (Å²) >= 11 is 0. The van der Waals surface area contributed by atoms with Gasteiger partial charge in [0.25, 0.3) is 5.91 Å². The van der Waals surface area contributed by atoms with E-state index in [-0.39, 0.29) is 17.5 Å². The van der Waals surface area contributed by atoms with Crippen molar-refractivity contribution in [1.29, 1.82) is 0 Å². The highest BCUT2D eigenvalue weighted by molar-refractivity contribution is 6.09. The summed E-state index contributed by atoms with van der Waals surface area (Å²) in [6.07, 6.45) is 1.46. The summed E-state index contributed by atoms with van der Waals surface area (Å²) in [6.45, 7) is 1.69. The largest absolute Gasteiger partial charge is 0.481 e. The van der Waals surface area contributed by atoms with Crippen LogP contribution >= 0.6 is 0 Å². The van der Waals surface area contributed by atoms with Gasteiger partial charge in [-0.05, 0) is 68.3 Å². The maximum atomic E-state index is 12.9. The molecule has 5 heteroatoms. The molecule has 0 heterocycles. The minimum absolute atomic E-state index is 0.135. The van der Waals surface area contributed by atoms with Gasteiger partial charge in [0.1, 0.15) is 11.6 Å². The topological polar surface area (TPSA) is 55.4 Å². The molecule has 4 nitrogen and oxygen atoms in total. The van der Waals surface area contributed by atoms with E-state index in [1.807, 2.05) is 0 Å². The van der Waals surface area contributed by atoms with Gasteiger partial charge in [0.15, 0.2) is 11.9 Å². The van der Waals surface area contributed by atoms with Crippen LogP contribution in [0.25, 0.3) is 0 Å². The molecular weight excluding hydrogens is 309 g/mol. The van der Waals surface area contributed by atoms with E-state index in [0.29, 0.717) is 22.9 Å². The highest BCUT2D eigenvalue weighted by atomic mass is 19.1. The fourth-order valence-electron chi connectivity index (χ4n) is 2.26. The molecule has 0 unspecified atom stereocenters. The van der Waals surface area contributed by atoms with E-state index in [0.717, 1.165) is 12.8 Å². The quantitative estimate of drug-likeness (QED) is 0.830. The lowest BCUT2D eigenvalue weighted by atomic mass is 10.0. The molecule has 1 aliphatic carbocycles. The standard InChI is InChI=1S/C19H18FNO3/c1-12(19(23)21-16-8-9-16)24-17-10-4-14(5-11-17)18(22)13-2-6-15(20)7-3-13/h2-7,10-12,16H,8-9H2,1H3,(H,21,23)/t12-/m0/s1. The van der Waals surface area contributed by atoms with Crippen LogP contribution in [-0.2, 0) is 4.79 Å². The predicted molar refractivity (Wildman–Crippen MR) is 87.5 cm³/mol. The van der Waals surface area contributed by atoms with Gasteiger partial charge in [-0.3, -0.25) is 9.59 Å². The lowest BCUT2D eigenvalue weighted by Crippen LogP contribution is -2.37. The van der Waals surface area contributed by atoms with Gasteiger partial charge in [-0.2, -0.15) is 0 Å². The molecule has 1 amide bonds. The van der Waals surface area contributed by atoms with Crippen LogP contribution in [-0.4, -0.2) is 23.8 Å². The molecule has 0 radical (unpaired) electrons. The minimum Gasteiger partial charge on any atom is -0.481 e. The minimum atomic E-state index is -0.593. The average molecular weight is 327 g/mol. The van der Waals surface area contributed by atoms with Crippen LogP contribution in [0.3, 0.4) is 0 Å². The number of benzene rings is 2. The summed E-state index contributed by atoms with van der Waals surface area (Å²) in [6, 6.07) is 12.3. The predicted octanol–water partition coefficient (Wildman–Crippen LogP) is 3.10. The Hall–Kier alpha value is -2.69. The molecule has 3 rings (SSSR count). The zero-order chi connectivity index (χ0) is 17.1. The SMILES string of the molecule is C[C@H](Oc1ccc(C(=O)c2ccc(F)cc2)cc1)C(=O)NC1CC1. The Balaban J connectivity index is 1.63. The molecule has 1 N–H and O–H groups in total. The van der Waals surface area contributed by atoms with Gasteiger partial charge in [-0.1, -0.05) is 0 Å². The third-order valence-corrected chi connectivity index (χ3v) is 3.83. The lowest BCUT2D eigenvalue weighted by molar-refractivity contribution is -0.127. The summed E-state index contributed by atoms with van der Waals surface area (Å²) in [5, 5.41) is 2.88. The van der Waals surface area contributed by atoms with E-state index < -0.39 is 6.10 Å². The Morgan fingerprint density at radius 1 is 1.04 bits per heavy atom. The Bertz CT molecular complexity index is 736. The summed E-state index contributed by atoms with van der Waals surface area (Å²) in [7, 11) is 0. The van der Waals surface area contributed by atoms with Crippen LogP contribution < -0.4 is 10.1 Å². The average Bonchev–Trinajstić information content (AvgIpc) is 3.39. The third-order valence-electron chi connectivity index (χ3n) is 3.83. The maximum absolute atomic E-state index is 12.9.